The standard InChI is InChI=1S/C19H19N5O2/c20-17-15-6-3-13(11-16(15)22-23-18(17)19(21)25)12-1-4-14(5-2-12)24-7-9-26-10-8-24/h1-6,11H,7-10H2,(H2,20,22)(H2,21,25). The van der Waals surface area contributed by atoms with Gasteiger partial charge in [0.05, 0.1) is 24.4 Å². The quantitative estimate of drug-likeness (QED) is 0.747. The molecule has 0 unspecified atom stereocenters. The fourth-order valence-corrected chi connectivity index (χ4v) is 3.18. The highest BCUT2D eigenvalue weighted by Crippen LogP contribution is 2.28. The van der Waals surface area contributed by atoms with Crippen LogP contribution < -0.4 is 16.4 Å². The number of primary amides is 1. The predicted octanol–water partition coefficient (Wildman–Crippen LogP) is 1.81. The highest BCUT2D eigenvalue weighted by molar-refractivity contribution is 6.04. The first-order valence-electron chi connectivity index (χ1n) is 8.42. The van der Waals surface area contributed by atoms with Gasteiger partial charge in [-0.25, -0.2) is 0 Å². The van der Waals surface area contributed by atoms with Crippen LogP contribution in [0.25, 0.3) is 22.0 Å². The fourth-order valence-electron chi connectivity index (χ4n) is 3.18. The number of nitrogen functional groups attached to an aromatic ring is 1. The second kappa shape index (κ2) is 6.61. The van der Waals surface area contributed by atoms with E-state index < -0.39 is 5.91 Å². The number of carbonyl (C=O) groups is 1. The number of fused-ring (bicyclic) bond motifs is 1. The second-order valence-corrected chi connectivity index (χ2v) is 6.20. The number of amides is 1. The van der Waals surface area contributed by atoms with E-state index in [9.17, 15) is 4.79 Å². The van der Waals surface area contributed by atoms with E-state index in [-0.39, 0.29) is 11.4 Å². The van der Waals surface area contributed by atoms with Crippen molar-refractivity contribution in [1.82, 2.24) is 10.2 Å². The topological polar surface area (TPSA) is 107 Å². The molecule has 0 aliphatic carbocycles. The molecule has 2 aromatic carbocycles. The zero-order chi connectivity index (χ0) is 18.1. The van der Waals surface area contributed by atoms with Crippen molar-refractivity contribution in [3.8, 4) is 11.1 Å². The molecule has 0 radical (unpaired) electrons. The third-order valence-electron chi connectivity index (χ3n) is 4.61. The summed E-state index contributed by atoms with van der Waals surface area (Å²) in [6.45, 7) is 3.35. The smallest absolute Gasteiger partial charge is 0.271 e. The number of nitrogens with two attached hydrogens (primary N) is 2. The molecule has 132 valence electrons. The SMILES string of the molecule is NC(=O)c1nnc2cc(-c3ccc(N4CCOCC4)cc3)ccc2c1N. The van der Waals surface area contributed by atoms with E-state index in [4.69, 9.17) is 16.2 Å². The first kappa shape index (κ1) is 16.3. The lowest BCUT2D eigenvalue weighted by molar-refractivity contribution is 0.0995. The molecular formula is C19H19N5O2. The van der Waals surface area contributed by atoms with Gasteiger partial charge in [0, 0.05) is 24.2 Å². The Morgan fingerprint density at radius 3 is 2.38 bits per heavy atom. The monoisotopic (exact) mass is 349 g/mol. The maximum atomic E-state index is 11.3. The zero-order valence-corrected chi connectivity index (χ0v) is 14.2. The molecule has 1 saturated heterocycles. The molecule has 0 spiro atoms. The number of hydrogen-bond donors (Lipinski definition) is 2. The Morgan fingerprint density at radius 1 is 1.00 bits per heavy atom. The molecule has 1 amide bonds. The maximum Gasteiger partial charge on any atom is 0.271 e. The normalized spacial score (nSPS) is 14.5. The van der Waals surface area contributed by atoms with Crippen molar-refractivity contribution in [2.24, 2.45) is 5.73 Å². The summed E-state index contributed by atoms with van der Waals surface area (Å²) in [6.07, 6.45) is 0. The second-order valence-electron chi connectivity index (χ2n) is 6.20. The van der Waals surface area contributed by atoms with E-state index in [1.807, 2.05) is 18.2 Å². The summed E-state index contributed by atoms with van der Waals surface area (Å²) in [6, 6.07) is 14.1. The average molecular weight is 349 g/mol. The molecule has 0 atom stereocenters. The molecule has 1 aliphatic rings. The molecule has 7 nitrogen and oxygen atoms in total. The highest BCUT2D eigenvalue weighted by Gasteiger charge is 2.14. The molecule has 2 heterocycles. The van der Waals surface area contributed by atoms with Gasteiger partial charge in [0.2, 0.25) is 0 Å². The van der Waals surface area contributed by atoms with Crippen LogP contribution in [0, 0.1) is 0 Å². The first-order valence-corrected chi connectivity index (χ1v) is 8.42. The number of ether oxygens (including phenoxy) is 1. The van der Waals surface area contributed by atoms with Crippen molar-refractivity contribution in [2.45, 2.75) is 0 Å². The largest absolute Gasteiger partial charge is 0.396 e. The van der Waals surface area contributed by atoms with Crippen LogP contribution in [0.1, 0.15) is 10.5 Å². The van der Waals surface area contributed by atoms with Crippen LogP contribution in [-0.2, 0) is 4.74 Å². The number of aromatic nitrogens is 2. The third-order valence-corrected chi connectivity index (χ3v) is 4.61. The lowest BCUT2D eigenvalue weighted by Gasteiger charge is -2.28. The van der Waals surface area contributed by atoms with Gasteiger partial charge < -0.3 is 21.1 Å². The lowest BCUT2D eigenvalue weighted by Crippen LogP contribution is -2.36. The van der Waals surface area contributed by atoms with E-state index >= 15 is 0 Å². The molecule has 1 aromatic heterocycles. The Balaban J connectivity index is 1.66. The van der Waals surface area contributed by atoms with Gasteiger partial charge in [-0.05, 0) is 35.4 Å². The summed E-state index contributed by atoms with van der Waals surface area (Å²) < 4.78 is 5.39. The van der Waals surface area contributed by atoms with Crippen LogP contribution in [-0.4, -0.2) is 42.4 Å². The number of nitrogens with zero attached hydrogens (tertiary/aromatic N) is 3. The number of carbonyl (C=O) groups excluding carboxylic acids is 1. The predicted molar refractivity (Wildman–Crippen MR) is 101 cm³/mol. The van der Waals surface area contributed by atoms with E-state index in [2.05, 4.69) is 39.4 Å². The van der Waals surface area contributed by atoms with Crippen molar-refractivity contribution in [2.75, 3.05) is 36.9 Å². The third kappa shape index (κ3) is 2.93. The van der Waals surface area contributed by atoms with Crippen LogP contribution in [0.4, 0.5) is 11.4 Å². The van der Waals surface area contributed by atoms with Crippen LogP contribution in [0.3, 0.4) is 0 Å². The molecule has 0 saturated carbocycles. The van der Waals surface area contributed by atoms with Crippen molar-refractivity contribution in [3.63, 3.8) is 0 Å². The minimum Gasteiger partial charge on any atom is -0.396 e. The molecule has 26 heavy (non-hydrogen) atoms. The fraction of sp³-hybridized carbons (Fsp3) is 0.211. The lowest BCUT2D eigenvalue weighted by atomic mass is 10.0. The van der Waals surface area contributed by atoms with Gasteiger partial charge >= 0.3 is 0 Å². The molecule has 3 aromatic rings. The molecule has 4 N–H and O–H groups in total. The summed E-state index contributed by atoms with van der Waals surface area (Å²) >= 11 is 0. The molecule has 7 heteroatoms. The summed E-state index contributed by atoms with van der Waals surface area (Å²) in [5.74, 6) is -0.681. The van der Waals surface area contributed by atoms with Crippen molar-refractivity contribution < 1.29 is 9.53 Å². The highest BCUT2D eigenvalue weighted by atomic mass is 16.5. The minimum atomic E-state index is -0.681. The summed E-state index contributed by atoms with van der Waals surface area (Å²) in [4.78, 5) is 13.7. The van der Waals surface area contributed by atoms with Crippen LogP contribution in [0.5, 0.6) is 0 Å². The van der Waals surface area contributed by atoms with Gasteiger partial charge in [0.1, 0.15) is 0 Å². The van der Waals surface area contributed by atoms with Crippen molar-refractivity contribution >= 4 is 28.2 Å². The Morgan fingerprint density at radius 2 is 1.69 bits per heavy atom. The van der Waals surface area contributed by atoms with E-state index in [0.717, 1.165) is 37.4 Å². The number of rotatable bonds is 3. The van der Waals surface area contributed by atoms with Gasteiger partial charge in [-0.15, -0.1) is 10.2 Å². The number of hydrogen-bond acceptors (Lipinski definition) is 6. The van der Waals surface area contributed by atoms with Crippen LogP contribution in [0.2, 0.25) is 0 Å². The van der Waals surface area contributed by atoms with Gasteiger partial charge in [0.25, 0.3) is 5.91 Å². The summed E-state index contributed by atoms with van der Waals surface area (Å²) in [5, 5.41) is 8.60. The Bertz CT molecular complexity index is 966. The van der Waals surface area contributed by atoms with E-state index in [1.54, 1.807) is 0 Å². The molecule has 1 fully saturated rings. The van der Waals surface area contributed by atoms with Gasteiger partial charge in [-0.1, -0.05) is 18.2 Å². The van der Waals surface area contributed by atoms with Crippen LogP contribution >= 0.6 is 0 Å². The zero-order valence-electron chi connectivity index (χ0n) is 14.2. The first-order chi connectivity index (χ1) is 12.6. The molecule has 0 bridgehead atoms. The van der Waals surface area contributed by atoms with E-state index in [1.165, 1.54) is 5.69 Å². The molecule has 4 rings (SSSR count). The maximum absolute atomic E-state index is 11.3. The Kier molecular flexibility index (Phi) is 4.14. The average Bonchev–Trinajstić information content (AvgIpc) is 2.68. The van der Waals surface area contributed by atoms with E-state index in [0.29, 0.717) is 10.9 Å². The summed E-state index contributed by atoms with van der Waals surface area (Å²) in [7, 11) is 0. The van der Waals surface area contributed by atoms with Gasteiger partial charge in [-0.2, -0.15) is 0 Å². The molecular weight excluding hydrogens is 330 g/mol. The summed E-state index contributed by atoms with van der Waals surface area (Å²) in [5.41, 5.74) is 15.4. The van der Waals surface area contributed by atoms with Crippen LogP contribution in [0.15, 0.2) is 42.5 Å². The van der Waals surface area contributed by atoms with Crippen molar-refractivity contribution in [3.05, 3.63) is 48.2 Å². The van der Waals surface area contributed by atoms with Gasteiger partial charge in [0.15, 0.2) is 5.69 Å². The number of anilines is 2. The Labute approximate surface area is 150 Å². The minimum absolute atomic E-state index is 0.000106. The Hall–Kier alpha value is -3.19. The molecule has 1 aliphatic heterocycles. The van der Waals surface area contributed by atoms with Crippen molar-refractivity contribution in [1.29, 1.82) is 0 Å². The number of benzene rings is 2. The van der Waals surface area contributed by atoms with Gasteiger partial charge in [-0.3, -0.25) is 4.79 Å². The number of morpholine rings is 1.